The van der Waals surface area contributed by atoms with Gasteiger partial charge in [-0.15, -0.1) is 0 Å². The van der Waals surface area contributed by atoms with Crippen molar-refractivity contribution >= 4 is 45.0 Å². The highest BCUT2D eigenvalue weighted by Gasteiger charge is 2.22. The lowest BCUT2D eigenvalue weighted by molar-refractivity contribution is 0.0683. The van der Waals surface area contributed by atoms with Gasteiger partial charge in [-0.1, -0.05) is 72.8 Å². The number of aromatic carboxylic acids is 2. The molecule has 6 aromatic carbocycles. The lowest BCUT2D eigenvalue weighted by Crippen LogP contribution is -2.17. The van der Waals surface area contributed by atoms with Crippen LogP contribution in [-0.2, 0) is 9.84 Å². The summed E-state index contributed by atoms with van der Waals surface area (Å²) in [4.78, 5) is 50.0. The fourth-order valence-electron chi connectivity index (χ4n) is 5.43. The second-order valence-electron chi connectivity index (χ2n) is 11.3. The summed E-state index contributed by atoms with van der Waals surface area (Å²) in [5.41, 5.74) is 2.86. The van der Waals surface area contributed by atoms with Crippen LogP contribution in [0.4, 0.5) is 11.4 Å². The number of amides is 2. The first kappa shape index (κ1) is 34.0. The lowest BCUT2D eigenvalue weighted by Gasteiger charge is -2.12. The van der Waals surface area contributed by atoms with Crippen LogP contribution in [-0.4, -0.2) is 42.4 Å². The zero-order valence-corrected chi connectivity index (χ0v) is 27.4. The van der Waals surface area contributed by atoms with Gasteiger partial charge >= 0.3 is 11.9 Å². The number of carboxylic acids is 2. The number of benzene rings is 6. The van der Waals surface area contributed by atoms with E-state index in [2.05, 4.69) is 10.6 Å². The first-order chi connectivity index (χ1) is 24.5. The average Bonchev–Trinajstić information content (AvgIpc) is 3.15. The number of hydrogen-bond acceptors (Lipinski definition) is 6. The minimum Gasteiger partial charge on any atom is -0.478 e. The Morgan fingerprint density at radius 1 is 0.412 bits per heavy atom. The van der Waals surface area contributed by atoms with Crippen molar-refractivity contribution in [3.63, 3.8) is 0 Å². The highest BCUT2D eigenvalue weighted by Crippen LogP contribution is 2.27. The second-order valence-corrected chi connectivity index (χ2v) is 13.3. The van der Waals surface area contributed by atoms with Crippen LogP contribution < -0.4 is 10.6 Å². The van der Waals surface area contributed by atoms with E-state index in [0.29, 0.717) is 11.1 Å². The van der Waals surface area contributed by atoms with Crippen LogP contribution in [0.3, 0.4) is 0 Å². The van der Waals surface area contributed by atoms with Gasteiger partial charge in [0.25, 0.3) is 11.8 Å². The Labute approximate surface area is 292 Å². The van der Waals surface area contributed by atoms with E-state index >= 15 is 0 Å². The van der Waals surface area contributed by atoms with Crippen molar-refractivity contribution in [3.05, 3.63) is 168 Å². The van der Waals surface area contributed by atoms with Gasteiger partial charge in [0.15, 0.2) is 0 Å². The van der Waals surface area contributed by atoms with Gasteiger partial charge in [0.2, 0.25) is 9.84 Å². The molecule has 0 aliphatic heterocycles. The van der Waals surface area contributed by atoms with Crippen molar-refractivity contribution in [1.29, 1.82) is 0 Å². The molecular weight excluding hydrogens is 669 g/mol. The smallest absolute Gasteiger partial charge is 0.336 e. The van der Waals surface area contributed by atoms with Gasteiger partial charge in [0, 0.05) is 11.4 Å². The molecule has 0 spiro atoms. The quantitative estimate of drug-likeness (QED) is 0.113. The number of hydrogen-bond donors (Lipinski definition) is 4. The van der Waals surface area contributed by atoms with Crippen LogP contribution >= 0.6 is 0 Å². The van der Waals surface area contributed by atoms with E-state index in [1.54, 1.807) is 12.1 Å². The third-order valence-electron chi connectivity index (χ3n) is 8.05. The van der Waals surface area contributed by atoms with E-state index in [0.717, 1.165) is 11.1 Å². The average molecular weight is 697 g/mol. The van der Waals surface area contributed by atoms with Gasteiger partial charge in [-0.05, 0) is 95.1 Å². The molecule has 51 heavy (non-hydrogen) atoms. The van der Waals surface area contributed by atoms with Crippen LogP contribution in [0.2, 0.25) is 0 Å². The Morgan fingerprint density at radius 3 is 1.10 bits per heavy atom. The fraction of sp³-hybridized carbons (Fsp3) is 0. The molecule has 0 atom stereocenters. The monoisotopic (exact) mass is 696 g/mol. The molecule has 4 N–H and O–H groups in total. The third kappa shape index (κ3) is 7.43. The summed E-state index contributed by atoms with van der Waals surface area (Å²) in [5.74, 6) is -3.90. The number of rotatable bonds is 10. The molecule has 0 bridgehead atoms. The molecule has 0 aliphatic rings. The Balaban J connectivity index is 1.14. The fourth-order valence-corrected chi connectivity index (χ4v) is 6.69. The number of carbonyl (C=O) groups excluding carboxylic acids is 2. The molecule has 0 aromatic heterocycles. The summed E-state index contributed by atoms with van der Waals surface area (Å²) < 4.78 is 26.8. The summed E-state index contributed by atoms with van der Waals surface area (Å²) in [7, 11) is -4.01. The van der Waals surface area contributed by atoms with Crippen molar-refractivity contribution in [2.75, 3.05) is 10.6 Å². The van der Waals surface area contributed by atoms with E-state index in [9.17, 15) is 37.8 Å². The summed E-state index contributed by atoms with van der Waals surface area (Å²) in [6.07, 6.45) is 0. The van der Waals surface area contributed by atoms with Crippen LogP contribution in [0.25, 0.3) is 22.3 Å². The lowest BCUT2D eigenvalue weighted by atomic mass is 9.98. The summed E-state index contributed by atoms with van der Waals surface area (Å²) >= 11 is 0. The predicted molar refractivity (Wildman–Crippen MR) is 192 cm³/mol. The molecule has 0 fully saturated rings. The highest BCUT2D eigenvalue weighted by molar-refractivity contribution is 7.91. The zero-order chi connectivity index (χ0) is 36.1. The van der Waals surface area contributed by atoms with Gasteiger partial charge in [-0.3, -0.25) is 9.59 Å². The maximum absolute atomic E-state index is 13.4. The molecule has 0 aliphatic carbocycles. The molecule has 0 saturated heterocycles. The molecule has 0 radical (unpaired) electrons. The second kappa shape index (κ2) is 14.3. The number of carbonyl (C=O) groups is 4. The first-order valence-corrected chi connectivity index (χ1v) is 16.9. The largest absolute Gasteiger partial charge is 0.478 e. The van der Waals surface area contributed by atoms with Crippen molar-refractivity contribution in [2.24, 2.45) is 0 Å². The molecular formula is C40H28N2O8S. The minimum absolute atomic E-state index is 0.0607. The normalized spacial score (nSPS) is 11.0. The molecule has 6 aromatic rings. The van der Waals surface area contributed by atoms with Gasteiger partial charge < -0.3 is 20.8 Å². The highest BCUT2D eigenvalue weighted by atomic mass is 32.2. The van der Waals surface area contributed by atoms with Crippen molar-refractivity contribution in [1.82, 2.24) is 0 Å². The van der Waals surface area contributed by atoms with Crippen molar-refractivity contribution in [3.8, 4) is 22.3 Å². The topological polar surface area (TPSA) is 167 Å². The molecule has 0 heterocycles. The maximum Gasteiger partial charge on any atom is 0.336 e. The Bertz CT molecular complexity index is 2230. The zero-order valence-electron chi connectivity index (χ0n) is 26.6. The standard InChI is InChI=1S/C40H28N2O8S/c43-37(33-21-11-27(23-35(33)39(45)46)25-7-3-1-4-8-25)41-29-13-17-31(18-14-29)51(49,50)32-19-15-30(16-20-32)42-38(44)34-22-12-28(24-36(34)40(47)48)26-9-5-2-6-10-26/h1-24H,(H,41,43)(H,42,44)(H,45,46)(H,47,48). The SMILES string of the molecule is O=C(O)c1cc(-c2ccccc2)ccc1C(=O)Nc1ccc(S(=O)(=O)c2ccc(NC(=O)c3ccc(-c4ccccc4)cc3C(=O)O)cc2)cc1. The van der Waals surface area contributed by atoms with E-state index < -0.39 is 33.6 Å². The van der Waals surface area contributed by atoms with E-state index in [1.165, 1.54) is 72.8 Å². The van der Waals surface area contributed by atoms with Gasteiger partial charge in [0.1, 0.15) is 0 Å². The van der Waals surface area contributed by atoms with Crippen LogP contribution in [0.1, 0.15) is 41.4 Å². The number of nitrogens with one attached hydrogen (secondary N) is 2. The van der Waals surface area contributed by atoms with Crippen molar-refractivity contribution < 1.29 is 37.8 Å². The van der Waals surface area contributed by atoms with Gasteiger partial charge in [-0.25, -0.2) is 18.0 Å². The number of anilines is 2. The first-order valence-electron chi connectivity index (χ1n) is 15.4. The molecule has 252 valence electrons. The molecule has 11 heteroatoms. The van der Waals surface area contributed by atoms with Crippen LogP contribution in [0, 0.1) is 0 Å². The summed E-state index contributed by atoms with van der Waals surface area (Å²) in [6, 6.07) is 38.1. The van der Waals surface area contributed by atoms with E-state index in [4.69, 9.17) is 0 Å². The Kier molecular flexibility index (Phi) is 9.56. The third-order valence-corrected chi connectivity index (χ3v) is 9.83. The van der Waals surface area contributed by atoms with Gasteiger partial charge in [0.05, 0.1) is 32.0 Å². The summed E-state index contributed by atoms with van der Waals surface area (Å²) in [6.45, 7) is 0. The minimum atomic E-state index is -4.01. The molecule has 6 rings (SSSR count). The van der Waals surface area contributed by atoms with E-state index in [-0.39, 0.29) is 43.4 Å². The van der Waals surface area contributed by atoms with Gasteiger partial charge in [-0.2, -0.15) is 0 Å². The van der Waals surface area contributed by atoms with Crippen LogP contribution in [0.5, 0.6) is 0 Å². The van der Waals surface area contributed by atoms with Crippen molar-refractivity contribution in [2.45, 2.75) is 9.79 Å². The van der Waals surface area contributed by atoms with Crippen LogP contribution in [0.15, 0.2) is 155 Å². The molecule has 10 nitrogen and oxygen atoms in total. The molecule has 0 unspecified atom stereocenters. The summed E-state index contributed by atoms with van der Waals surface area (Å²) in [5, 5.41) is 24.8. The number of sulfone groups is 1. The molecule has 0 saturated carbocycles. The van der Waals surface area contributed by atoms with E-state index in [1.807, 2.05) is 60.7 Å². The number of carboxylic acid groups (broad SMARTS) is 2. The molecule has 2 amide bonds. The Hall–Kier alpha value is -6.85. The Morgan fingerprint density at radius 2 is 0.765 bits per heavy atom. The maximum atomic E-state index is 13.4. The predicted octanol–water partition coefficient (Wildman–Crippen LogP) is 7.75.